The summed E-state index contributed by atoms with van der Waals surface area (Å²) in [6.45, 7) is 0. The van der Waals surface area contributed by atoms with E-state index < -0.39 is 0 Å². The van der Waals surface area contributed by atoms with Crippen molar-refractivity contribution in [2.45, 2.75) is 6.04 Å². The van der Waals surface area contributed by atoms with Gasteiger partial charge < -0.3 is 0 Å². The Morgan fingerprint density at radius 2 is 1.50 bits per heavy atom. The summed E-state index contributed by atoms with van der Waals surface area (Å²) in [5.41, 5.74) is 8.14. The number of hydrogen-bond acceptors (Lipinski definition) is 4. The zero-order chi connectivity index (χ0) is 17.3. The molecule has 1 N–H and O–H groups in total. The third-order valence-electron chi connectivity index (χ3n) is 4.56. The minimum atomic E-state index is 0.104. The second-order valence-corrected chi connectivity index (χ2v) is 7.26. The highest BCUT2D eigenvalue weighted by Gasteiger charge is 2.29. The summed E-state index contributed by atoms with van der Waals surface area (Å²) >= 11 is 1.71. The fourth-order valence-corrected chi connectivity index (χ4v) is 4.24. The smallest absolute Gasteiger partial charge is 0.206 e. The standard InChI is InChI=1S/C22H17N3S/c1-3-9-16(10-4-1)19-15-20(17-11-5-2-6-12-17)25(24-19)22-23-18-13-7-8-14-21(18)26-22/h1-15,20,24H. The van der Waals surface area contributed by atoms with Crippen molar-refractivity contribution in [2.24, 2.45) is 0 Å². The van der Waals surface area contributed by atoms with Gasteiger partial charge in [-0.05, 0) is 29.3 Å². The summed E-state index contributed by atoms with van der Waals surface area (Å²) in [4.78, 5) is 4.85. The van der Waals surface area contributed by atoms with Crippen LogP contribution in [0, 0.1) is 0 Å². The molecule has 0 bridgehead atoms. The van der Waals surface area contributed by atoms with E-state index in [1.54, 1.807) is 11.3 Å². The molecule has 26 heavy (non-hydrogen) atoms. The van der Waals surface area contributed by atoms with E-state index in [-0.39, 0.29) is 6.04 Å². The second-order valence-electron chi connectivity index (χ2n) is 6.25. The van der Waals surface area contributed by atoms with Crippen LogP contribution in [0.25, 0.3) is 15.9 Å². The molecule has 1 atom stereocenters. The van der Waals surface area contributed by atoms with Crippen LogP contribution in [-0.4, -0.2) is 4.98 Å². The van der Waals surface area contributed by atoms with Crippen molar-refractivity contribution in [3.63, 3.8) is 0 Å². The van der Waals surface area contributed by atoms with Gasteiger partial charge in [-0.15, -0.1) is 0 Å². The van der Waals surface area contributed by atoms with Gasteiger partial charge in [-0.25, -0.2) is 4.98 Å². The summed E-state index contributed by atoms with van der Waals surface area (Å²) in [5, 5.41) is 3.14. The number of hydrazine groups is 1. The van der Waals surface area contributed by atoms with Gasteiger partial charge in [0.15, 0.2) is 0 Å². The van der Waals surface area contributed by atoms with E-state index in [0.717, 1.165) is 16.3 Å². The first kappa shape index (κ1) is 15.2. The maximum absolute atomic E-state index is 4.85. The van der Waals surface area contributed by atoms with E-state index >= 15 is 0 Å². The van der Waals surface area contributed by atoms with Crippen LogP contribution in [0.5, 0.6) is 0 Å². The van der Waals surface area contributed by atoms with Gasteiger partial charge in [-0.1, -0.05) is 84.1 Å². The highest BCUT2D eigenvalue weighted by molar-refractivity contribution is 7.22. The molecule has 1 unspecified atom stereocenters. The predicted molar refractivity (Wildman–Crippen MR) is 109 cm³/mol. The molecule has 0 radical (unpaired) electrons. The van der Waals surface area contributed by atoms with Crippen molar-refractivity contribution in [1.29, 1.82) is 0 Å². The molecule has 4 heteroatoms. The van der Waals surface area contributed by atoms with Crippen LogP contribution in [0.4, 0.5) is 5.13 Å². The molecule has 0 saturated heterocycles. The Hall–Kier alpha value is -3.11. The average molecular weight is 355 g/mol. The Kier molecular flexibility index (Phi) is 3.68. The molecule has 3 nitrogen and oxygen atoms in total. The number of para-hydroxylation sites is 1. The van der Waals surface area contributed by atoms with Crippen LogP contribution in [0.15, 0.2) is 91.0 Å². The monoisotopic (exact) mass is 355 g/mol. The van der Waals surface area contributed by atoms with E-state index in [1.165, 1.54) is 15.8 Å². The lowest BCUT2D eigenvalue weighted by molar-refractivity contribution is 0.721. The lowest BCUT2D eigenvalue weighted by Crippen LogP contribution is -2.33. The van der Waals surface area contributed by atoms with Gasteiger partial charge in [0.25, 0.3) is 0 Å². The molecule has 0 saturated carbocycles. The van der Waals surface area contributed by atoms with Gasteiger partial charge >= 0.3 is 0 Å². The molecule has 0 fully saturated rings. The molecule has 0 aliphatic carbocycles. The van der Waals surface area contributed by atoms with Gasteiger partial charge in [0.05, 0.1) is 22.0 Å². The van der Waals surface area contributed by atoms with Crippen LogP contribution in [0.2, 0.25) is 0 Å². The van der Waals surface area contributed by atoms with Gasteiger partial charge in [-0.3, -0.25) is 10.4 Å². The SMILES string of the molecule is C1=C(c2ccccc2)NN(c2nc3ccccc3s2)C1c1ccccc1. The summed E-state index contributed by atoms with van der Waals surface area (Å²) < 4.78 is 1.20. The molecule has 126 valence electrons. The van der Waals surface area contributed by atoms with Crippen molar-refractivity contribution >= 4 is 32.4 Å². The van der Waals surface area contributed by atoms with Crippen molar-refractivity contribution in [3.05, 3.63) is 102 Å². The highest BCUT2D eigenvalue weighted by Crippen LogP contribution is 2.38. The van der Waals surface area contributed by atoms with E-state index in [1.807, 2.05) is 12.1 Å². The minimum absolute atomic E-state index is 0.104. The molecule has 5 rings (SSSR count). The van der Waals surface area contributed by atoms with Gasteiger partial charge in [0.2, 0.25) is 5.13 Å². The molecule has 4 aromatic rings. The Bertz CT molecular complexity index is 1040. The van der Waals surface area contributed by atoms with Crippen molar-refractivity contribution in [3.8, 4) is 0 Å². The first-order valence-electron chi connectivity index (χ1n) is 8.62. The molecule has 1 aromatic heterocycles. The Labute approximate surface area is 156 Å². The van der Waals surface area contributed by atoms with Crippen LogP contribution >= 0.6 is 11.3 Å². The summed E-state index contributed by atoms with van der Waals surface area (Å²) in [7, 11) is 0. The molecule has 1 aliphatic rings. The molecule has 1 aliphatic heterocycles. The number of fused-ring (bicyclic) bond motifs is 1. The number of anilines is 1. The van der Waals surface area contributed by atoms with Crippen LogP contribution in [0.3, 0.4) is 0 Å². The number of hydrogen-bond donors (Lipinski definition) is 1. The number of nitrogens with one attached hydrogen (secondary N) is 1. The largest absolute Gasteiger partial charge is 0.295 e. The highest BCUT2D eigenvalue weighted by atomic mass is 32.1. The second kappa shape index (κ2) is 6.32. The normalized spacial score (nSPS) is 16.5. The summed E-state index contributed by atoms with van der Waals surface area (Å²) in [6, 6.07) is 29.4. The van der Waals surface area contributed by atoms with E-state index in [4.69, 9.17) is 4.98 Å². The maximum atomic E-state index is 4.85. The average Bonchev–Trinajstić information content (AvgIpc) is 3.33. The lowest BCUT2D eigenvalue weighted by Gasteiger charge is -2.24. The van der Waals surface area contributed by atoms with Gasteiger partial charge in [-0.2, -0.15) is 0 Å². The Morgan fingerprint density at radius 1 is 0.808 bits per heavy atom. The fourth-order valence-electron chi connectivity index (χ4n) is 3.27. The molecular formula is C22H17N3S. The number of benzene rings is 3. The molecular weight excluding hydrogens is 338 g/mol. The van der Waals surface area contributed by atoms with Crippen molar-refractivity contribution < 1.29 is 0 Å². The van der Waals surface area contributed by atoms with Crippen LogP contribution in [-0.2, 0) is 0 Å². The molecule has 0 amide bonds. The van der Waals surface area contributed by atoms with Crippen molar-refractivity contribution in [2.75, 3.05) is 5.01 Å². The molecule has 2 heterocycles. The number of aromatic nitrogens is 1. The van der Waals surface area contributed by atoms with Crippen molar-refractivity contribution in [1.82, 2.24) is 10.4 Å². The first-order valence-corrected chi connectivity index (χ1v) is 9.44. The maximum Gasteiger partial charge on any atom is 0.206 e. The zero-order valence-electron chi connectivity index (χ0n) is 14.0. The number of rotatable bonds is 3. The Morgan fingerprint density at radius 3 is 2.27 bits per heavy atom. The summed E-state index contributed by atoms with van der Waals surface area (Å²) in [5.74, 6) is 0. The Balaban J connectivity index is 1.59. The van der Waals surface area contributed by atoms with Gasteiger partial charge in [0, 0.05) is 0 Å². The number of nitrogens with zero attached hydrogens (tertiary/aromatic N) is 2. The fraction of sp³-hybridized carbons (Fsp3) is 0.0455. The zero-order valence-corrected chi connectivity index (χ0v) is 14.9. The van der Waals surface area contributed by atoms with Crippen LogP contribution in [0.1, 0.15) is 17.2 Å². The quantitative estimate of drug-likeness (QED) is 0.533. The van der Waals surface area contributed by atoms with Gasteiger partial charge in [0.1, 0.15) is 0 Å². The third kappa shape index (κ3) is 2.65. The third-order valence-corrected chi connectivity index (χ3v) is 5.59. The summed E-state index contributed by atoms with van der Waals surface area (Å²) in [6.07, 6.45) is 2.27. The topological polar surface area (TPSA) is 28.2 Å². The minimum Gasteiger partial charge on any atom is -0.295 e. The van der Waals surface area contributed by atoms with E-state index in [0.29, 0.717) is 0 Å². The predicted octanol–water partition coefficient (Wildman–Crippen LogP) is 5.40. The van der Waals surface area contributed by atoms with Crippen LogP contribution < -0.4 is 10.4 Å². The lowest BCUT2D eigenvalue weighted by atomic mass is 10.1. The molecule has 0 spiro atoms. The number of thiazole rings is 1. The first-order chi connectivity index (χ1) is 12.9. The van der Waals surface area contributed by atoms with E-state index in [9.17, 15) is 0 Å². The van der Waals surface area contributed by atoms with E-state index in [2.05, 4.69) is 89.3 Å². The molecule has 3 aromatic carbocycles.